The van der Waals surface area contributed by atoms with Crippen molar-refractivity contribution in [3.8, 4) is 0 Å². The fraction of sp³-hybridized carbons (Fsp3) is 0.700. The second-order valence-electron chi connectivity index (χ2n) is 3.74. The summed E-state index contributed by atoms with van der Waals surface area (Å²) in [5, 5.41) is 28.0. The lowest BCUT2D eigenvalue weighted by atomic mass is 10.1. The molecule has 1 aromatic heterocycles. The summed E-state index contributed by atoms with van der Waals surface area (Å²) in [6, 6.07) is 0.280. The first-order valence-electron chi connectivity index (χ1n) is 5.65. The average Bonchev–Trinajstić information content (AvgIpc) is 2.77. The Morgan fingerprint density at radius 1 is 1.65 bits per heavy atom. The van der Waals surface area contributed by atoms with Crippen molar-refractivity contribution in [1.82, 2.24) is 20.3 Å². The van der Waals surface area contributed by atoms with Crippen molar-refractivity contribution in [1.29, 1.82) is 0 Å². The van der Waals surface area contributed by atoms with Gasteiger partial charge in [0.25, 0.3) is 0 Å². The number of hydrogen-bond acceptors (Lipinski definition) is 5. The van der Waals surface area contributed by atoms with Gasteiger partial charge >= 0.3 is 5.97 Å². The number of carboxylic acid groups (broad SMARTS) is 1. The zero-order valence-electron chi connectivity index (χ0n) is 9.83. The molecule has 0 bridgehead atoms. The van der Waals surface area contributed by atoms with Crippen LogP contribution < -0.4 is 5.32 Å². The van der Waals surface area contributed by atoms with Crippen LogP contribution in [0.15, 0.2) is 6.20 Å². The van der Waals surface area contributed by atoms with Crippen LogP contribution in [-0.2, 0) is 6.54 Å². The molecule has 1 aromatic rings. The van der Waals surface area contributed by atoms with E-state index in [1.165, 1.54) is 10.9 Å². The first-order chi connectivity index (χ1) is 8.17. The normalized spacial score (nSPS) is 12.6. The standard InChI is InChI=1S/C10H18N4O3/c1-2-8(3-6-15)11-4-5-14-7-9(10(16)17)12-13-14/h7-8,11,15H,2-6H2,1H3,(H,16,17). The number of aliphatic hydroxyl groups is 1. The zero-order chi connectivity index (χ0) is 12.7. The summed E-state index contributed by atoms with van der Waals surface area (Å²) >= 11 is 0. The van der Waals surface area contributed by atoms with Crippen LogP contribution in [0.1, 0.15) is 30.3 Å². The molecule has 0 spiro atoms. The Labute approximate surface area is 99.4 Å². The summed E-state index contributed by atoms with van der Waals surface area (Å²) in [6.45, 7) is 3.44. The van der Waals surface area contributed by atoms with E-state index in [1.54, 1.807) is 0 Å². The lowest BCUT2D eigenvalue weighted by Crippen LogP contribution is -2.32. The highest BCUT2D eigenvalue weighted by molar-refractivity contribution is 5.84. The van der Waals surface area contributed by atoms with Gasteiger partial charge in [-0.1, -0.05) is 12.1 Å². The molecule has 0 aromatic carbocycles. The van der Waals surface area contributed by atoms with Gasteiger partial charge in [-0.25, -0.2) is 4.79 Å². The number of nitrogens with zero attached hydrogens (tertiary/aromatic N) is 3. The quantitative estimate of drug-likeness (QED) is 0.580. The van der Waals surface area contributed by atoms with E-state index in [2.05, 4.69) is 15.6 Å². The second-order valence-corrected chi connectivity index (χ2v) is 3.74. The van der Waals surface area contributed by atoms with Crippen molar-refractivity contribution in [2.24, 2.45) is 0 Å². The third-order valence-electron chi connectivity index (χ3n) is 2.50. The topological polar surface area (TPSA) is 100 Å². The van der Waals surface area contributed by atoms with Crippen LogP contribution in [-0.4, -0.2) is 50.4 Å². The lowest BCUT2D eigenvalue weighted by Gasteiger charge is -2.15. The molecule has 0 aliphatic rings. The van der Waals surface area contributed by atoms with E-state index in [1.807, 2.05) is 6.92 Å². The number of aromatic nitrogens is 3. The van der Waals surface area contributed by atoms with Gasteiger partial charge in [-0.15, -0.1) is 5.10 Å². The molecule has 96 valence electrons. The molecule has 17 heavy (non-hydrogen) atoms. The number of carbonyl (C=O) groups is 1. The molecule has 1 atom stereocenters. The monoisotopic (exact) mass is 242 g/mol. The number of aliphatic hydroxyl groups excluding tert-OH is 1. The SMILES string of the molecule is CCC(CCO)NCCn1cc(C(=O)O)nn1. The molecule has 0 saturated carbocycles. The summed E-state index contributed by atoms with van der Waals surface area (Å²) in [5.74, 6) is -1.07. The number of aromatic carboxylic acids is 1. The van der Waals surface area contributed by atoms with E-state index >= 15 is 0 Å². The maximum absolute atomic E-state index is 10.6. The van der Waals surface area contributed by atoms with Gasteiger partial charge in [-0.05, 0) is 12.8 Å². The predicted octanol–water partition coefficient (Wildman–Crippen LogP) is -0.273. The van der Waals surface area contributed by atoms with Gasteiger partial charge in [0.2, 0.25) is 0 Å². The minimum absolute atomic E-state index is 0.0487. The van der Waals surface area contributed by atoms with Gasteiger partial charge < -0.3 is 15.5 Å². The van der Waals surface area contributed by atoms with Gasteiger partial charge in [0.15, 0.2) is 5.69 Å². The molecule has 0 fully saturated rings. The Hall–Kier alpha value is -1.47. The maximum Gasteiger partial charge on any atom is 0.358 e. The molecule has 7 nitrogen and oxygen atoms in total. The summed E-state index contributed by atoms with van der Waals surface area (Å²) in [5.41, 5.74) is -0.0487. The number of hydrogen-bond donors (Lipinski definition) is 3. The van der Waals surface area contributed by atoms with Gasteiger partial charge in [0, 0.05) is 19.2 Å². The van der Waals surface area contributed by atoms with Crippen LogP contribution in [0.5, 0.6) is 0 Å². The van der Waals surface area contributed by atoms with E-state index in [0.29, 0.717) is 19.5 Å². The highest BCUT2D eigenvalue weighted by atomic mass is 16.4. The summed E-state index contributed by atoms with van der Waals surface area (Å²) in [4.78, 5) is 10.6. The molecule has 1 heterocycles. The van der Waals surface area contributed by atoms with E-state index < -0.39 is 5.97 Å². The van der Waals surface area contributed by atoms with Crippen LogP contribution in [0.3, 0.4) is 0 Å². The van der Waals surface area contributed by atoms with Crippen molar-refractivity contribution in [2.45, 2.75) is 32.4 Å². The fourth-order valence-corrected chi connectivity index (χ4v) is 1.50. The Bertz CT molecular complexity index is 353. The van der Waals surface area contributed by atoms with E-state index in [-0.39, 0.29) is 18.3 Å². The molecule has 3 N–H and O–H groups in total. The maximum atomic E-state index is 10.6. The Balaban J connectivity index is 2.32. The Morgan fingerprint density at radius 3 is 2.94 bits per heavy atom. The van der Waals surface area contributed by atoms with Gasteiger partial charge in [0.1, 0.15) is 0 Å². The molecule has 0 amide bonds. The third kappa shape index (κ3) is 4.49. The van der Waals surface area contributed by atoms with Gasteiger partial charge in [-0.3, -0.25) is 4.68 Å². The number of carboxylic acids is 1. The van der Waals surface area contributed by atoms with Crippen molar-refractivity contribution in [2.75, 3.05) is 13.2 Å². The van der Waals surface area contributed by atoms with Crippen LogP contribution >= 0.6 is 0 Å². The number of nitrogens with one attached hydrogen (secondary N) is 1. The summed E-state index contributed by atoms with van der Waals surface area (Å²) in [6.07, 6.45) is 3.06. The fourth-order valence-electron chi connectivity index (χ4n) is 1.50. The smallest absolute Gasteiger partial charge is 0.358 e. The van der Waals surface area contributed by atoms with Crippen LogP contribution in [0, 0.1) is 0 Å². The van der Waals surface area contributed by atoms with E-state index in [9.17, 15) is 4.79 Å². The lowest BCUT2D eigenvalue weighted by molar-refractivity contribution is 0.0690. The van der Waals surface area contributed by atoms with E-state index in [0.717, 1.165) is 6.42 Å². The van der Waals surface area contributed by atoms with Gasteiger partial charge in [-0.2, -0.15) is 0 Å². The molecule has 0 aliphatic carbocycles. The third-order valence-corrected chi connectivity index (χ3v) is 2.50. The molecule has 1 unspecified atom stereocenters. The predicted molar refractivity (Wildman–Crippen MR) is 60.8 cm³/mol. The molecular formula is C10H18N4O3. The van der Waals surface area contributed by atoms with Crippen molar-refractivity contribution in [3.05, 3.63) is 11.9 Å². The number of rotatable bonds is 8. The highest BCUT2D eigenvalue weighted by Crippen LogP contribution is 1.96. The molecule has 1 rings (SSSR count). The van der Waals surface area contributed by atoms with E-state index in [4.69, 9.17) is 10.2 Å². The van der Waals surface area contributed by atoms with Crippen molar-refractivity contribution < 1.29 is 15.0 Å². The summed E-state index contributed by atoms with van der Waals surface area (Å²) in [7, 11) is 0. The highest BCUT2D eigenvalue weighted by Gasteiger charge is 2.08. The van der Waals surface area contributed by atoms with Crippen molar-refractivity contribution >= 4 is 5.97 Å². The van der Waals surface area contributed by atoms with Crippen LogP contribution in [0.25, 0.3) is 0 Å². The largest absolute Gasteiger partial charge is 0.476 e. The average molecular weight is 242 g/mol. The zero-order valence-corrected chi connectivity index (χ0v) is 9.83. The second kappa shape index (κ2) is 6.97. The minimum atomic E-state index is -1.07. The van der Waals surface area contributed by atoms with Crippen LogP contribution in [0.4, 0.5) is 0 Å². The molecule has 0 radical (unpaired) electrons. The molecule has 7 heteroatoms. The Morgan fingerprint density at radius 2 is 2.41 bits per heavy atom. The first-order valence-corrected chi connectivity index (χ1v) is 5.65. The Kier molecular flexibility index (Phi) is 5.58. The minimum Gasteiger partial charge on any atom is -0.476 e. The first kappa shape index (κ1) is 13.6. The summed E-state index contributed by atoms with van der Waals surface area (Å²) < 4.78 is 1.49. The van der Waals surface area contributed by atoms with Crippen LogP contribution in [0.2, 0.25) is 0 Å². The molecule has 0 saturated heterocycles. The van der Waals surface area contributed by atoms with Crippen molar-refractivity contribution in [3.63, 3.8) is 0 Å². The molecular weight excluding hydrogens is 224 g/mol. The van der Waals surface area contributed by atoms with Gasteiger partial charge in [0.05, 0.1) is 12.7 Å². The molecule has 0 aliphatic heterocycles.